The molecule has 0 radical (unpaired) electrons. The van der Waals surface area contributed by atoms with Crippen LogP contribution in [-0.2, 0) is 19.9 Å². The highest BCUT2D eigenvalue weighted by Gasteiger charge is 2.40. The Bertz CT molecular complexity index is 1340. The Morgan fingerprint density at radius 2 is 1.85 bits per heavy atom. The number of fused-ring (bicyclic) bond motifs is 1. The lowest BCUT2D eigenvalue weighted by molar-refractivity contribution is -0.123. The summed E-state index contributed by atoms with van der Waals surface area (Å²) in [5.74, 6) is 1.76. The van der Waals surface area contributed by atoms with Crippen molar-refractivity contribution < 1.29 is 23.8 Å². The summed E-state index contributed by atoms with van der Waals surface area (Å²) in [7, 11) is 4.89. The third-order valence-corrected chi connectivity index (χ3v) is 7.88. The number of carbonyl (C=O) groups is 2. The van der Waals surface area contributed by atoms with Gasteiger partial charge in [0, 0.05) is 37.0 Å². The number of nitrogens with zero attached hydrogens (tertiary/aromatic N) is 3. The second kappa shape index (κ2) is 12.8. The molecule has 214 valence electrons. The highest BCUT2D eigenvalue weighted by atomic mass is 32.2. The fourth-order valence-corrected chi connectivity index (χ4v) is 5.94. The zero-order valence-corrected chi connectivity index (χ0v) is 24.8. The van der Waals surface area contributed by atoms with Crippen molar-refractivity contribution in [2.24, 2.45) is 0 Å². The van der Waals surface area contributed by atoms with Crippen LogP contribution in [0.15, 0.2) is 48.5 Å². The van der Waals surface area contributed by atoms with Crippen molar-refractivity contribution in [1.82, 2.24) is 15.1 Å². The molecule has 4 rings (SSSR count). The average Bonchev–Trinajstić information content (AvgIpc) is 3.29. The molecular weight excluding hydrogens is 528 g/mol. The van der Waals surface area contributed by atoms with Crippen molar-refractivity contribution in [2.75, 3.05) is 51.7 Å². The number of hydrogen-bond donors (Lipinski definition) is 1. The number of rotatable bonds is 10. The average molecular weight is 567 g/mol. The van der Waals surface area contributed by atoms with E-state index in [-0.39, 0.29) is 29.4 Å². The minimum atomic E-state index is -0.484. The van der Waals surface area contributed by atoms with E-state index >= 15 is 0 Å². The Kier molecular flexibility index (Phi) is 9.42. The number of ether oxygens (including phenoxy) is 3. The summed E-state index contributed by atoms with van der Waals surface area (Å²) in [6.07, 6.45) is 0.688. The SMILES string of the molecule is COCCCNC(=O)CN1C(=O)CSC(c2cc(OC)ccc2OC)c2c(-c3ccccc3)nn(C(C)(C)C)c21. The molecule has 1 N–H and O–H groups in total. The molecule has 0 aliphatic carbocycles. The topological polar surface area (TPSA) is 94.9 Å². The van der Waals surface area contributed by atoms with Gasteiger partial charge in [-0.15, -0.1) is 11.8 Å². The van der Waals surface area contributed by atoms with E-state index in [1.807, 2.05) is 74.0 Å². The maximum Gasteiger partial charge on any atom is 0.240 e. The normalized spacial score (nSPS) is 15.4. The van der Waals surface area contributed by atoms with E-state index in [1.165, 1.54) is 11.8 Å². The molecule has 0 fully saturated rings. The predicted octanol–water partition coefficient (Wildman–Crippen LogP) is 4.64. The van der Waals surface area contributed by atoms with E-state index in [4.69, 9.17) is 19.3 Å². The van der Waals surface area contributed by atoms with Crippen LogP contribution in [0.25, 0.3) is 11.3 Å². The number of carbonyl (C=O) groups excluding carboxylic acids is 2. The van der Waals surface area contributed by atoms with Gasteiger partial charge in [0.1, 0.15) is 23.9 Å². The Hall–Kier alpha value is -3.50. The molecule has 10 heteroatoms. The summed E-state index contributed by atoms with van der Waals surface area (Å²) in [5, 5.41) is 7.73. The molecule has 9 nitrogen and oxygen atoms in total. The Labute approximate surface area is 240 Å². The van der Waals surface area contributed by atoms with Crippen LogP contribution in [0.2, 0.25) is 0 Å². The summed E-state index contributed by atoms with van der Waals surface area (Å²) in [6.45, 7) is 7.03. The number of anilines is 1. The second-order valence-electron chi connectivity index (χ2n) is 10.5. The van der Waals surface area contributed by atoms with Crippen LogP contribution >= 0.6 is 11.8 Å². The lowest BCUT2D eigenvalue weighted by atomic mass is 9.98. The van der Waals surface area contributed by atoms with Crippen molar-refractivity contribution in [3.05, 3.63) is 59.7 Å². The van der Waals surface area contributed by atoms with Gasteiger partial charge in [-0.1, -0.05) is 30.3 Å². The molecule has 1 aromatic heterocycles. The Balaban J connectivity index is 1.94. The number of amides is 2. The van der Waals surface area contributed by atoms with Crippen molar-refractivity contribution in [2.45, 2.75) is 38.0 Å². The second-order valence-corrected chi connectivity index (χ2v) is 11.6. The lowest BCUT2D eigenvalue weighted by Gasteiger charge is -2.29. The van der Waals surface area contributed by atoms with Gasteiger partial charge in [0.05, 0.1) is 36.5 Å². The smallest absolute Gasteiger partial charge is 0.240 e. The molecular formula is C30H38N4O5S. The van der Waals surface area contributed by atoms with Gasteiger partial charge >= 0.3 is 0 Å². The highest BCUT2D eigenvalue weighted by molar-refractivity contribution is 8.00. The molecule has 0 bridgehead atoms. The van der Waals surface area contributed by atoms with Gasteiger partial charge in [0.2, 0.25) is 11.8 Å². The van der Waals surface area contributed by atoms with E-state index < -0.39 is 5.54 Å². The predicted molar refractivity (Wildman–Crippen MR) is 158 cm³/mol. The van der Waals surface area contributed by atoms with E-state index in [1.54, 1.807) is 26.2 Å². The highest BCUT2D eigenvalue weighted by Crippen LogP contribution is 2.51. The van der Waals surface area contributed by atoms with Crippen LogP contribution in [0.1, 0.15) is 43.6 Å². The van der Waals surface area contributed by atoms with Gasteiger partial charge in [-0.25, -0.2) is 4.68 Å². The van der Waals surface area contributed by atoms with Gasteiger partial charge in [0.25, 0.3) is 0 Å². The first-order valence-corrected chi connectivity index (χ1v) is 14.3. The number of thioether (sulfide) groups is 1. The molecule has 2 heterocycles. The number of aromatic nitrogens is 2. The summed E-state index contributed by atoms with van der Waals surface area (Å²) in [5.41, 5.74) is 2.93. The zero-order chi connectivity index (χ0) is 28.9. The van der Waals surface area contributed by atoms with E-state index in [2.05, 4.69) is 5.32 Å². The van der Waals surface area contributed by atoms with Crippen LogP contribution in [0, 0.1) is 0 Å². The molecule has 3 aromatic rings. The van der Waals surface area contributed by atoms with Gasteiger partial charge in [-0.2, -0.15) is 5.10 Å². The maximum absolute atomic E-state index is 13.8. The summed E-state index contributed by atoms with van der Waals surface area (Å²) >= 11 is 1.50. The fourth-order valence-electron chi connectivity index (χ4n) is 4.73. The van der Waals surface area contributed by atoms with Crippen LogP contribution in [-0.4, -0.2) is 68.4 Å². The minimum Gasteiger partial charge on any atom is -0.497 e. The molecule has 1 aliphatic heterocycles. The summed E-state index contributed by atoms with van der Waals surface area (Å²) in [6, 6.07) is 15.6. The molecule has 1 aliphatic rings. The number of benzene rings is 2. The molecule has 0 spiro atoms. The summed E-state index contributed by atoms with van der Waals surface area (Å²) in [4.78, 5) is 28.5. The van der Waals surface area contributed by atoms with Crippen LogP contribution in [0.5, 0.6) is 11.5 Å². The Morgan fingerprint density at radius 1 is 1.10 bits per heavy atom. The van der Waals surface area contributed by atoms with E-state index in [0.717, 1.165) is 22.4 Å². The van der Waals surface area contributed by atoms with Crippen molar-refractivity contribution in [1.29, 1.82) is 0 Å². The maximum atomic E-state index is 13.8. The molecule has 40 heavy (non-hydrogen) atoms. The monoisotopic (exact) mass is 566 g/mol. The van der Waals surface area contributed by atoms with Crippen molar-refractivity contribution >= 4 is 29.4 Å². The van der Waals surface area contributed by atoms with Crippen LogP contribution < -0.4 is 19.7 Å². The number of nitrogens with one attached hydrogen (secondary N) is 1. The molecule has 2 aromatic carbocycles. The first-order chi connectivity index (χ1) is 19.2. The van der Waals surface area contributed by atoms with Crippen molar-refractivity contribution in [3.8, 4) is 22.8 Å². The van der Waals surface area contributed by atoms with E-state index in [0.29, 0.717) is 36.9 Å². The number of methoxy groups -OCH3 is 3. The zero-order valence-electron chi connectivity index (χ0n) is 24.0. The van der Waals surface area contributed by atoms with Crippen LogP contribution in [0.3, 0.4) is 0 Å². The fraction of sp³-hybridized carbons (Fsp3) is 0.433. The van der Waals surface area contributed by atoms with Gasteiger partial charge in [-0.05, 0) is 45.4 Å². The lowest BCUT2D eigenvalue weighted by Crippen LogP contribution is -2.44. The first-order valence-electron chi connectivity index (χ1n) is 13.3. The third kappa shape index (κ3) is 6.28. The molecule has 1 atom stereocenters. The quantitative estimate of drug-likeness (QED) is 0.357. The summed E-state index contributed by atoms with van der Waals surface area (Å²) < 4.78 is 18.3. The van der Waals surface area contributed by atoms with Gasteiger partial charge in [-0.3, -0.25) is 14.5 Å². The van der Waals surface area contributed by atoms with E-state index in [9.17, 15) is 9.59 Å². The molecule has 2 amide bonds. The van der Waals surface area contributed by atoms with Crippen LogP contribution in [0.4, 0.5) is 5.82 Å². The molecule has 0 saturated heterocycles. The first kappa shape index (κ1) is 29.5. The largest absolute Gasteiger partial charge is 0.497 e. The van der Waals surface area contributed by atoms with Gasteiger partial charge < -0.3 is 19.5 Å². The minimum absolute atomic E-state index is 0.114. The Morgan fingerprint density at radius 3 is 2.50 bits per heavy atom. The number of hydrogen-bond acceptors (Lipinski definition) is 7. The van der Waals surface area contributed by atoms with Gasteiger partial charge in [0.15, 0.2) is 0 Å². The standard InChI is InChI=1S/C30H38N4O5S/c1-30(2,3)34-29-26(27(32-34)20-11-8-7-9-12-20)28(22-17-21(38-5)13-14-23(22)39-6)40-19-25(36)33(29)18-24(35)31-15-10-16-37-4/h7-9,11-14,17,28H,10,15-16,18-19H2,1-6H3,(H,31,35). The molecule has 0 saturated carbocycles. The van der Waals surface area contributed by atoms with Crippen molar-refractivity contribution in [3.63, 3.8) is 0 Å². The molecule has 1 unspecified atom stereocenters. The third-order valence-electron chi connectivity index (χ3n) is 6.64.